The van der Waals surface area contributed by atoms with Gasteiger partial charge in [-0.2, -0.15) is 0 Å². The smallest absolute Gasteiger partial charge is 2.00 e. The molecule has 0 N–H and O–H groups in total. The van der Waals surface area contributed by atoms with E-state index >= 15 is 0 Å². The Labute approximate surface area is 125 Å². The van der Waals surface area contributed by atoms with E-state index in [0.717, 1.165) is 0 Å². The van der Waals surface area contributed by atoms with E-state index in [9.17, 15) is 0 Å². The molecule has 0 heterocycles. The summed E-state index contributed by atoms with van der Waals surface area (Å²) >= 11 is 0. The molecule has 0 bridgehead atoms. The summed E-state index contributed by atoms with van der Waals surface area (Å²) in [5, 5.41) is 0. The second-order valence-electron chi connectivity index (χ2n) is 0. The van der Waals surface area contributed by atoms with Gasteiger partial charge < -0.3 is 51.2 Å². The minimum Gasteiger partial charge on any atom is -2.00 e. The Hall–Kier alpha value is 4.13. The predicted molar refractivity (Wildman–Crippen MR) is 17.3 cm³/mol. The van der Waals surface area contributed by atoms with E-state index in [1.165, 1.54) is 0 Å². The molecule has 0 aliphatic carbocycles. The average molecular weight is 555 g/mol. The van der Waals surface area contributed by atoms with E-state index in [4.69, 9.17) is 0 Å². The SMILES string of the molecule is [Se-2].[Se-2].[Se-2].[Tb+3].[Tb+3]. The van der Waals surface area contributed by atoms with Crippen molar-refractivity contribution in [3.05, 3.63) is 0 Å². The van der Waals surface area contributed by atoms with Gasteiger partial charge in [-0.05, 0) is 0 Å². The molecule has 0 aliphatic heterocycles. The molecule has 0 aromatic heterocycles. The molecule has 0 spiro atoms. The molecule has 0 nitrogen and oxygen atoms in total. The number of hydrogen-bond acceptors (Lipinski definition) is 0. The van der Waals surface area contributed by atoms with Crippen molar-refractivity contribution in [2.45, 2.75) is 0 Å². The van der Waals surface area contributed by atoms with Crippen LogP contribution in [-0.2, 0) is 0 Å². The third-order valence-electron chi connectivity index (χ3n) is 0. The molecule has 0 atom stereocenters. The molecule has 0 radical (unpaired) electrons. The third-order valence-corrected chi connectivity index (χ3v) is 0. The van der Waals surface area contributed by atoms with Crippen LogP contribution in [0.2, 0.25) is 0 Å². The normalized spacial score (nSPS) is 0. The van der Waals surface area contributed by atoms with Crippen molar-refractivity contribution < 1.29 is 77.2 Å². The quantitative estimate of drug-likeness (QED) is 0.332. The van der Waals surface area contributed by atoms with E-state index in [0.29, 0.717) is 0 Å². The summed E-state index contributed by atoms with van der Waals surface area (Å²) in [6.45, 7) is 0. The van der Waals surface area contributed by atoms with Gasteiger partial charge in [-0.3, -0.25) is 0 Å². The number of rotatable bonds is 0. The molecule has 0 saturated carbocycles. The van der Waals surface area contributed by atoms with Crippen molar-refractivity contribution in [1.82, 2.24) is 0 Å². The second kappa shape index (κ2) is 24.2. The second-order valence-corrected chi connectivity index (χ2v) is 0. The molecular formula is Se3Tb2. The first kappa shape index (κ1) is 35.4. The van der Waals surface area contributed by atoms with Crippen LogP contribution in [0.5, 0.6) is 0 Å². The van der Waals surface area contributed by atoms with E-state index in [-0.39, 0.29) is 128 Å². The summed E-state index contributed by atoms with van der Waals surface area (Å²) in [7, 11) is 0. The van der Waals surface area contributed by atoms with Gasteiger partial charge in [0.2, 0.25) is 0 Å². The van der Waals surface area contributed by atoms with Gasteiger partial charge in [0.15, 0.2) is 0 Å². The molecule has 0 saturated heterocycles. The maximum absolute atomic E-state index is 0. The monoisotopic (exact) mass is 558 g/mol. The van der Waals surface area contributed by atoms with Crippen LogP contribution in [0.1, 0.15) is 0 Å². The minimum absolute atomic E-state index is 0. The molecule has 5 heteroatoms. The molecule has 0 aliphatic rings. The van der Waals surface area contributed by atoms with Crippen LogP contribution in [-0.4, -0.2) is 51.2 Å². The summed E-state index contributed by atoms with van der Waals surface area (Å²) in [5.41, 5.74) is 0. The summed E-state index contributed by atoms with van der Waals surface area (Å²) in [6, 6.07) is 0. The molecule has 0 amide bonds. The molecule has 36 valence electrons. The van der Waals surface area contributed by atoms with Gasteiger partial charge in [0, 0.05) is 0 Å². The number of hydrogen-bond donors (Lipinski definition) is 0. The summed E-state index contributed by atoms with van der Waals surface area (Å²) in [5.74, 6) is 0. The Morgan fingerprint density at radius 1 is 0.400 bits per heavy atom. The molecule has 5 heavy (non-hydrogen) atoms. The van der Waals surface area contributed by atoms with Gasteiger partial charge in [0.1, 0.15) is 0 Å². The van der Waals surface area contributed by atoms with Crippen molar-refractivity contribution in [3.63, 3.8) is 0 Å². The van der Waals surface area contributed by atoms with Crippen LogP contribution in [0.3, 0.4) is 0 Å². The first-order valence-electron chi connectivity index (χ1n) is 0. The van der Waals surface area contributed by atoms with E-state index < -0.39 is 0 Å². The Morgan fingerprint density at radius 2 is 0.400 bits per heavy atom. The zero-order chi connectivity index (χ0) is 0. The van der Waals surface area contributed by atoms with E-state index in [2.05, 4.69) is 0 Å². The standard InChI is InChI=1S/3Se.2Tb/q3*-2;2*+3. The summed E-state index contributed by atoms with van der Waals surface area (Å²) < 4.78 is 0. The van der Waals surface area contributed by atoms with Crippen LogP contribution in [0.4, 0.5) is 0 Å². The Bertz CT molecular complexity index is 4.85. The fourth-order valence-electron chi connectivity index (χ4n) is 0. The summed E-state index contributed by atoms with van der Waals surface area (Å²) in [6.07, 6.45) is 0. The molecule has 0 unspecified atom stereocenters. The Morgan fingerprint density at radius 3 is 0.400 bits per heavy atom. The van der Waals surface area contributed by atoms with Crippen molar-refractivity contribution in [1.29, 1.82) is 0 Å². The average Bonchev–Trinajstić information content (AvgIpc) is 0. The first-order chi connectivity index (χ1) is 0. The van der Waals surface area contributed by atoms with Gasteiger partial charge in [-0.1, -0.05) is 0 Å². The predicted octanol–water partition coefficient (Wildman–Crippen LogP) is -1.14. The third kappa shape index (κ3) is 17.9. The van der Waals surface area contributed by atoms with Gasteiger partial charge in [0.25, 0.3) is 0 Å². The Balaban J connectivity index is 0. The van der Waals surface area contributed by atoms with Crippen molar-refractivity contribution >= 4 is 51.2 Å². The zero-order valence-corrected chi connectivity index (χ0v) is 11.3. The van der Waals surface area contributed by atoms with Crippen molar-refractivity contribution in [3.8, 4) is 0 Å². The van der Waals surface area contributed by atoms with Gasteiger partial charge in [-0.15, -0.1) is 0 Å². The zero-order valence-electron chi connectivity index (χ0n) is 1.89. The van der Waals surface area contributed by atoms with E-state index in [1.807, 2.05) is 0 Å². The van der Waals surface area contributed by atoms with Crippen molar-refractivity contribution in [2.75, 3.05) is 0 Å². The van der Waals surface area contributed by atoms with Crippen molar-refractivity contribution in [2.24, 2.45) is 0 Å². The largest absolute Gasteiger partial charge is 3.00 e. The molecule has 0 aromatic rings. The van der Waals surface area contributed by atoms with Gasteiger partial charge in [0.05, 0.1) is 0 Å². The maximum Gasteiger partial charge on any atom is 3.00 e. The van der Waals surface area contributed by atoms with Crippen LogP contribution in [0.15, 0.2) is 0 Å². The maximum atomic E-state index is 0. The Kier molecular flexibility index (Phi) is 171. The van der Waals surface area contributed by atoms with Crippen LogP contribution in [0, 0.1) is 77.2 Å². The fraction of sp³-hybridized carbons (Fsp3) is 0. The van der Waals surface area contributed by atoms with Crippen LogP contribution < -0.4 is 0 Å². The summed E-state index contributed by atoms with van der Waals surface area (Å²) in [4.78, 5) is 0. The molecule has 0 fully saturated rings. The molecule has 0 aromatic carbocycles. The molecule has 0 rings (SSSR count). The topological polar surface area (TPSA) is 0 Å². The van der Waals surface area contributed by atoms with Crippen LogP contribution >= 0.6 is 0 Å². The minimum atomic E-state index is 0. The van der Waals surface area contributed by atoms with E-state index in [1.54, 1.807) is 0 Å². The molecular weight excluding hydrogens is 555 g/mol. The van der Waals surface area contributed by atoms with Gasteiger partial charge >= 0.3 is 77.2 Å². The van der Waals surface area contributed by atoms with Gasteiger partial charge in [-0.25, -0.2) is 0 Å². The fourth-order valence-corrected chi connectivity index (χ4v) is 0. The first-order valence-corrected chi connectivity index (χ1v) is 0. The van der Waals surface area contributed by atoms with Crippen LogP contribution in [0.25, 0.3) is 0 Å².